The summed E-state index contributed by atoms with van der Waals surface area (Å²) < 4.78 is 11.3. The summed E-state index contributed by atoms with van der Waals surface area (Å²) in [6.07, 6.45) is 5.68. The topological polar surface area (TPSA) is 59.0 Å². The lowest BCUT2D eigenvalue weighted by molar-refractivity contribution is -0.173. The van der Waals surface area contributed by atoms with Crippen molar-refractivity contribution in [3.63, 3.8) is 0 Å². The van der Waals surface area contributed by atoms with Crippen LogP contribution in [0.5, 0.6) is 11.5 Å². The molecule has 3 aliphatic carbocycles. The Bertz CT molecular complexity index is 789. The van der Waals surface area contributed by atoms with Gasteiger partial charge in [-0.2, -0.15) is 0 Å². The van der Waals surface area contributed by atoms with Crippen molar-refractivity contribution in [2.24, 2.45) is 5.92 Å². The van der Waals surface area contributed by atoms with Crippen molar-refractivity contribution in [1.29, 1.82) is 0 Å². The van der Waals surface area contributed by atoms with Gasteiger partial charge in [-0.15, -0.1) is 0 Å². The third-order valence-electron chi connectivity index (χ3n) is 7.64. The zero-order valence-corrected chi connectivity index (χ0v) is 16.3. The van der Waals surface area contributed by atoms with Crippen LogP contribution in [0.15, 0.2) is 12.1 Å². The van der Waals surface area contributed by atoms with E-state index in [2.05, 4.69) is 11.0 Å². The molecule has 0 spiro atoms. The summed E-state index contributed by atoms with van der Waals surface area (Å²) in [6, 6.07) is 4.17. The average molecular weight is 371 g/mol. The Labute approximate surface area is 160 Å². The fourth-order valence-electron chi connectivity index (χ4n) is 6.18. The molecular weight excluding hydrogens is 342 g/mol. The van der Waals surface area contributed by atoms with E-state index in [0.29, 0.717) is 30.8 Å². The first kappa shape index (κ1) is 17.5. The van der Waals surface area contributed by atoms with Crippen LogP contribution in [0.1, 0.15) is 49.7 Å². The number of nitrogens with zero attached hydrogens (tertiary/aromatic N) is 1. The number of carbonyl (C=O) groups excluding carboxylic acids is 1. The molecule has 0 unspecified atom stereocenters. The van der Waals surface area contributed by atoms with Crippen LogP contribution in [0, 0.1) is 5.92 Å². The van der Waals surface area contributed by atoms with Gasteiger partial charge in [-0.3, -0.25) is 9.69 Å². The smallest absolute Gasteiger partial charge is 0.164 e. The normalized spacial score (nSPS) is 35.4. The van der Waals surface area contributed by atoms with Crippen molar-refractivity contribution >= 4 is 5.78 Å². The molecule has 1 N–H and O–H groups in total. The molecule has 0 aromatic heterocycles. The van der Waals surface area contributed by atoms with Crippen LogP contribution in [-0.2, 0) is 16.6 Å². The summed E-state index contributed by atoms with van der Waals surface area (Å²) in [5.74, 6) is 2.44. The third kappa shape index (κ3) is 2.34. The maximum atomic E-state index is 12.6. The summed E-state index contributed by atoms with van der Waals surface area (Å²) in [7, 11) is 3.30. The molecular formula is C22H29NO4. The maximum Gasteiger partial charge on any atom is 0.164 e. The quantitative estimate of drug-likeness (QED) is 0.881. The van der Waals surface area contributed by atoms with Crippen LogP contribution >= 0.6 is 0 Å². The average Bonchev–Trinajstić information content (AvgIpc) is 3.47. The highest BCUT2D eigenvalue weighted by Crippen LogP contribution is 2.60. The van der Waals surface area contributed by atoms with Gasteiger partial charge in [0.05, 0.1) is 19.8 Å². The molecule has 4 aliphatic rings. The molecule has 2 bridgehead atoms. The summed E-state index contributed by atoms with van der Waals surface area (Å²) in [5, 5.41) is 12.1. The van der Waals surface area contributed by atoms with Gasteiger partial charge in [0.15, 0.2) is 11.5 Å². The van der Waals surface area contributed by atoms with Crippen LogP contribution in [-0.4, -0.2) is 54.7 Å². The molecule has 0 radical (unpaired) electrons. The predicted octanol–water partition coefficient (Wildman–Crippen LogP) is 2.47. The standard InChI is InChI=1S/C22H29NO4/c1-26-17-6-5-15-11-18-22(25)8-7-16(24)12-21(22,19(15)20(17)27-2)9-10-23(18)13-14-3-4-14/h5-6,14,18,25H,3-4,7-13H2,1-2H3/t18-,21-,22-/m1/s1. The van der Waals surface area contributed by atoms with Crippen molar-refractivity contribution < 1.29 is 19.4 Å². The molecule has 5 nitrogen and oxygen atoms in total. The highest BCUT2D eigenvalue weighted by Gasteiger charge is 2.65. The molecule has 3 fully saturated rings. The molecule has 1 heterocycles. The van der Waals surface area contributed by atoms with Crippen molar-refractivity contribution in [3.05, 3.63) is 23.3 Å². The van der Waals surface area contributed by atoms with E-state index in [1.54, 1.807) is 14.2 Å². The number of carbonyl (C=O) groups is 1. The Morgan fingerprint density at radius 2 is 2.04 bits per heavy atom. The van der Waals surface area contributed by atoms with Crippen molar-refractivity contribution in [2.45, 2.75) is 62.0 Å². The molecule has 1 saturated heterocycles. The van der Waals surface area contributed by atoms with Crippen LogP contribution in [0.3, 0.4) is 0 Å². The van der Waals surface area contributed by atoms with Gasteiger partial charge in [0.25, 0.3) is 0 Å². The molecule has 1 aromatic rings. The van der Waals surface area contributed by atoms with Crippen molar-refractivity contribution in [1.82, 2.24) is 4.90 Å². The summed E-state index contributed by atoms with van der Waals surface area (Å²) in [6.45, 7) is 2.02. The van der Waals surface area contributed by atoms with E-state index >= 15 is 0 Å². The second-order valence-corrected chi connectivity index (χ2v) is 8.97. The lowest BCUT2D eigenvalue weighted by Gasteiger charge is -2.63. The minimum absolute atomic E-state index is 0.0885. The molecule has 27 heavy (non-hydrogen) atoms. The van der Waals surface area contributed by atoms with E-state index in [0.717, 1.165) is 37.4 Å². The number of aliphatic hydroxyl groups is 1. The van der Waals surface area contributed by atoms with Gasteiger partial charge in [-0.1, -0.05) is 6.07 Å². The van der Waals surface area contributed by atoms with Crippen LogP contribution in [0.25, 0.3) is 0 Å². The van der Waals surface area contributed by atoms with E-state index < -0.39 is 11.0 Å². The zero-order valence-electron chi connectivity index (χ0n) is 16.3. The number of rotatable bonds is 4. The van der Waals surface area contributed by atoms with E-state index in [9.17, 15) is 9.90 Å². The molecule has 0 amide bonds. The summed E-state index contributed by atoms with van der Waals surface area (Å²) in [4.78, 5) is 15.1. The van der Waals surface area contributed by atoms with Gasteiger partial charge in [-0.25, -0.2) is 0 Å². The minimum Gasteiger partial charge on any atom is -0.493 e. The molecule has 146 valence electrons. The number of benzene rings is 1. The number of hydrogen-bond donors (Lipinski definition) is 1. The van der Waals surface area contributed by atoms with Gasteiger partial charge in [0.2, 0.25) is 0 Å². The maximum absolute atomic E-state index is 12.6. The lowest BCUT2D eigenvalue weighted by atomic mass is 9.49. The molecule has 1 aliphatic heterocycles. The SMILES string of the molecule is COc1ccc2c(c1OC)[C@]13CCN(CC4CC4)[C@H](C2)[C@]1(O)CCC(=O)C3. The van der Waals surface area contributed by atoms with Gasteiger partial charge in [-0.05, 0) is 56.2 Å². The monoisotopic (exact) mass is 371 g/mol. The summed E-state index contributed by atoms with van der Waals surface area (Å²) in [5.41, 5.74) is 0.807. The van der Waals surface area contributed by atoms with Crippen LogP contribution < -0.4 is 9.47 Å². The summed E-state index contributed by atoms with van der Waals surface area (Å²) >= 11 is 0. The van der Waals surface area contributed by atoms with E-state index in [4.69, 9.17) is 9.47 Å². The predicted molar refractivity (Wildman–Crippen MR) is 101 cm³/mol. The second kappa shape index (κ2) is 5.95. The second-order valence-electron chi connectivity index (χ2n) is 8.97. The number of likely N-dealkylation sites (tertiary alicyclic amines) is 1. The number of Topliss-reactive ketones (excluding diaryl/α,β-unsaturated/α-hetero) is 1. The van der Waals surface area contributed by atoms with Gasteiger partial charge >= 0.3 is 0 Å². The third-order valence-corrected chi connectivity index (χ3v) is 7.64. The minimum atomic E-state index is -0.874. The molecule has 2 saturated carbocycles. The van der Waals surface area contributed by atoms with Crippen molar-refractivity contribution in [2.75, 3.05) is 27.3 Å². The highest BCUT2D eigenvalue weighted by molar-refractivity contribution is 5.83. The highest BCUT2D eigenvalue weighted by atomic mass is 16.5. The number of fused-ring (bicyclic) bond motifs is 1. The van der Waals surface area contributed by atoms with E-state index in [1.807, 2.05) is 6.07 Å². The molecule has 5 rings (SSSR count). The zero-order chi connectivity index (χ0) is 18.8. The Morgan fingerprint density at radius 1 is 1.22 bits per heavy atom. The first-order chi connectivity index (χ1) is 13.0. The van der Waals surface area contributed by atoms with E-state index in [-0.39, 0.29) is 11.8 Å². The van der Waals surface area contributed by atoms with Gasteiger partial charge in [0.1, 0.15) is 5.78 Å². The number of ketones is 1. The fraction of sp³-hybridized carbons (Fsp3) is 0.682. The molecule has 1 aromatic carbocycles. The van der Waals surface area contributed by atoms with Crippen LogP contribution in [0.4, 0.5) is 0 Å². The largest absolute Gasteiger partial charge is 0.493 e. The van der Waals surface area contributed by atoms with Gasteiger partial charge in [0, 0.05) is 36.4 Å². The molecule has 5 heteroatoms. The Kier molecular flexibility index (Phi) is 3.86. The Balaban J connectivity index is 1.70. The first-order valence-electron chi connectivity index (χ1n) is 10.2. The Morgan fingerprint density at radius 3 is 2.74 bits per heavy atom. The lowest BCUT2D eigenvalue weighted by Crippen LogP contribution is -2.73. The van der Waals surface area contributed by atoms with Gasteiger partial charge < -0.3 is 14.6 Å². The first-order valence-corrected chi connectivity index (χ1v) is 10.2. The fourth-order valence-corrected chi connectivity index (χ4v) is 6.18. The van der Waals surface area contributed by atoms with E-state index in [1.165, 1.54) is 18.4 Å². The number of methoxy groups -OCH3 is 2. The number of hydrogen-bond acceptors (Lipinski definition) is 5. The number of piperidine rings is 1. The van der Waals surface area contributed by atoms with Crippen molar-refractivity contribution in [3.8, 4) is 11.5 Å². The molecule has 3 atom stereocenters. The van der Waals surface area contributed by atoms with Crippen LogP contribution in [0.2, 0.25) is 0 Å². The number of ether oxygens (including phenoxy) is 2. The Hall–Kier alpha value is -1.59.